The molecule has 32 heavy (non-hydrogen) atoms. The lowest BCUT2D eigenvalue weighted by Gasteiger charge is -2.35. The minimum absolute atomic E-state index is 0.257. The fourth-order valence-corrected chi connectivity index (χ4v) is 3.44. The lowest BCUT2D eigenvalue weighted by Crippen LogP contribution is -2.56. The largest absolute Gasteiger partial charge is 0.493 e. The number of amides is 3. The Labute approximate surface area is 185 Å². The molecule has 4 rings (SSSR count). The van der Waals surface area contributed by atoms with Gasteiger partial charge in [0.25, 0.3) is 5.91 Å². The van der Waals surface area contributed by atoms with Crippen molar-refractivity contribution >= 4 is 23.7 Å². The number of aryl methyl sites for hydroxylation is 1. The monoisotopic (exact) mass is 432 g/mol. The van der Waals surface area contributed by atoms with Crippen molar-refractivity contribution in [3.05, 3.63) is 72.5 Å². The Morgan fingerprint density at radius 1 is 1.19 bits per heavy atom. The summed E-state index contributed by atoms with van der Waals surface area (Å²) in [6.07, 6.45) is 8.89. The van der Waals surface area contributed by atoms with Gasteiger partial charge in [-0.25, -0.2) is 19.8 Å². The first kappa shape index (κ1) is 21.1. The standard InChI is InChI=1S/C23H24N6O3/c1-17-15-27(16-25-17)22-20(32-2)13-18(14-24-22)9-10-21(30)26-29-12-6-11-28(23(29)31)19-7-4-3-5-8-19/h3-5,7-10,13-16H,6,11-12H2,1-2H3,(H,26,30). The molecule has 0 saturated carbocycles. The van der Waals surface area contributed by atoms with E-state index in [4.69, 9.17) is 4.74 Å². The zero-order valence-corrected chi connectivity index (χ0v) is 17.9. The first-order chi connectivity index (χ1) is 15.5. The number of pyridine rings is 1. The van der Waals surface area contributed by atoms with Crippen molar-refractivity contribution in [2.24, 2.45) is 0 Å². The first-order valence-electron chi connectivity index (χ1n) is 10.2. The van der Waals surface area contributed by atoms with Crippen LogP contribution in [0.5, 0.6) is 5.75 Å². The van der Waals surface area contributed by atoms with E-state index in [0.717, 1.165) is 17.8 Å². The normalized spacial score (nSPS) is 14.1. The van der Waals surface area contributed by atoms with Gasteiger partial charge in [0.1, 0.15) is 6.33 Å². The second kappa shape index (κ2) is 9.34. The molecule has 0 unspecified atom stereocenters. The number of carbonyl (C=O) groups excluding carboxylic acids is 2. The average molecular weight is 432 g/mol. The van der Waals surface area contributed by atoms with Crippen LogP contribution in [0.25, 0.3) is 11.9 Å². The molecule has 2 aromatic heterocycles. The third kappa shape index (κ3) is 4.61. The summed E-state index contributed by atoms with van der Waals surface area (Å²) in [5.41, 5.74) is 5.02. The molecule has 9 nitrogen and oxygen atoms in total. The Morgan fingerprint density at radius 2 is 2.00 bits per heavy atom. The molecule has 0 atom stereocenters. The Kier molecular flexibility index (Phi) is 6.16. The molecule has 0 radical (unpaired) electrons. The number of imidazole rings is 1. The Bertz CT molecular complexity index is 1140. The van der Waals surface area contributed by atoms with Crippen molar-refractivity contribution in [3.8, 4) is 11.6 Å². The van der Waals surface area contributed by atoms with Crippen molar-refractivity contribution in [1.82, 2.24) is 25.0 Å². The molecule has 1 N–H and O–H groups in total. The average Bonchev–Trinajstić information content (AvgIpc) is 3.25. The van der Waals surface area contributed by atoms with E-state index in [1.807, 2.05) is 43.5 Å². The number of hydrazine groups is 1. The van der Waals surface area contributed by atoms with Crippen LogP contribution in [0.3, 0.4) is 0 Å². The van der Waals surface area contributed by atoms with E-state index in [0.29, 0.717) is 30.2 Å². The van der Waals surface area contributed by atoms with E-state index in [1.165, 1.54) is 11.1 Å². The van der Waals surface area contributed by atoms with Crippen molar-refractivity contribution in [1.29, 1.82) is 0 Å². The number of urea groups is 1. The summed E-state index contributed by atoms with van der Waals surface area (Å²) in [5, 5.41) is 1.34. The van der Waals surface area contributed by atoms with Crippen LogP contribution in [0.1, 0.15) is 17.7 Å². The number of benzene rings is 1. The predicted molar refractivity (Wildman–Crippen MR) is 120 cm³/mol. The Hall–Kier alpha value is -4.14. The van der Waals surface area contributed by atoms with Crippen LogP contribution in [-0.2, 0) is 4.79 Å². The molecule has 0 spiro atoms. The Balaban J connectivity index is 1.42. The van der Waals surface area contributed by atoms with Gasteiger partial charge in [-0.3, -0.25) is 19.7 Å². The van der Waals surface area contributed by atoms with Crippen LogP contribution in [0.2, 0.25) is 0 Å². The van der Waals surface area contributed by atoms with Crippen molar-refractivity contribution < 1.29 is 14.3 Å². The molecule has 0 bridgehead atoms. The van der Waals surface area contributed by atoms with E-state index in [1.54, 1.807) is 41.2 Å². The van der Waals surface area contributed by atoms with Crippen LogP contribution in [0.4, 0.5) is 10.5 Å². The molecule has 1 fully saturated rings. The highest BCUT2D eigenvalue weighted by Crippen LogP contribution is 2.22. The number of nitrogens with zero attached hydrogens (tertiary/aromatic N) is 5. The second-order valence-corrected chi connectivity index (χ2v) is 7.30. The van der Waals surface area contributed by atoms with Gasteiger partial charge in [-0.1, -0.05) is 18.2 Å². The predicted octanol–water partition coefficient (Wildman–Crippen LogP) is 2.96. The van der Waals surface area contributed by atoms with Crippen molar-refractivity contribution in [2.45, 2.75) is 13.3 Å². The molecule has 0 aliphatic carbocycles. The third-order valence-corrected chi connectivity index (χ3v) is 5.00. The Morgan fingerprint density at radius 3 is 2.72 bits per heavy atom. The first-order valence-corrected chi connectivity index (χ1v) is 10.2. The lowest BCUT2D eigenvalue weighted by molar-refractivity contribution is -0.120. The highest BCUT2D eigenvalue weighted by atomic mass is 16.5. The lowest BCUT2D eigenvalue weighted by atomic mass is 10.2. The highest BCUT2D eigenvalue weighted by Gasteiger charge is 2.27. The number of anilines is 1. The summed E-state index contributed by atoms with van der Waals surface area (Å²) in [5.74, 6) is 0.755. The number of hydrogen-bond acceptors (Lipinski definition) is 5. The number of aromatic nitrogens is 3. The molecule has 3 aromatic rings. The highest BCUT2D eigenvalue weighted by molar-refractivity contribution is 5.97. The summed E-state index contributed by atoms with van der Waals surface area (Å²) in [4.78, 5) is 35.5. The number of methoxy groups -OCH3 is 1. The van der Waals surface area contributed by atoms with E-state index in [9.17, 15) is 9.59 Å². The molecule has 1 saturated heterocycles. The maximum Gasteiger partial charge on any atom is 0.343 e. The van der Waals surface area contributed by atoms with Crippen LogP contribution in [0, 0.1) is 6.92 Å². The van der Waals surface area contributed by atoms with Crippen LogP contribution in [-0.4, -0.2) is 51.7 Å². The van der Waals surface area contributed by atoms with Gasteiger partial charge in [-0.2, -0.15) is 0 Å². The second-order valence-electron chi connectivity index (χ2n) is 7.30. The summed E-state index contributed by atoms with van der Waals surface area (Å²) < 4.78 is 7.21. The number of hydrogen-bond donors (Lipinski definition) is 1. The van der Waals surface area contributed by atoms with E-state index in [2.05, 4.69) is 15.4 Å². The van der Waals surface area contributed by atoms with Gasteiger partial charge in [-0.05, 0) is 43.2 Å². The smallest absolute Gasteiger partial charge is 0.343 e. The molecular weight excluding hydrogens is 408 g/mol. The number of para-hydroxylation sites is 1. The van der Waals surface area contributed by atoms with Gasteiger partial charge in [0.05, 0.1) is 12.8 Å². The molecule has 164 valence electrons. The summed E-state index contributed by atoms with van der Waals surface area (Å²) in [6.45, 7) is 2.96. The molecule has 3 amide bonds. The zero-order valence-electron chi connectivity index (χ0n) is 17.9. The van der Waals surface area contributed by atoms with E-state index in [-0.39, 0.29) is 6.03 Å². The minimum atomic E-state index is -0.401. The van der Waals surface area contributed by atoms with E-state index < -0.39 is 5.91 Å². The minimum Gasteiger partial charge on any atom is -0.493 e. The van der Waals surface area contributed by atoms with Crippen molar-refractivity contribution in [3.63, 3.8) is 0 Å². The van der Waals surface area contributed by atoms with Crippen LogP contribution in [0.15, 0.2) is 61.2 Å². The van der Waals surface area contributed by atoms with Gasteiger partial charge in [0.15, 0.2) is 11.6 Å². The van der Waals surface area contributed by atoms with Crippen molar-refractivity contribution in [2.75, 3.05) is 25.1 Å². The van der Waals surface area contributed by atoms with Gasteiger partial charge >= 0.3 is 6.03 Å². The summed E-state index contributed by atoms with van der Waals surface area (Å²) in [7, 11) is 1.56. The SMILES string of the molecule is COc1cc(C=CC(=O)NN2CCCN(c3ccccc3)C2=O)cnc1-n1cnc(C)c1. The third-order valence-electron chi connectivity index (χ3n) is 5.00. The maximum atomic E-state index is 12.8. The molecule has 1 aliphatic rings. The topological polar surface area (TPSA) is 92.6 Å². The zero-order chi connectivity index (χ0) is 22.5. The van der Waals surface area contributed by atoms with Gasteiger partial charge in [0, 0.05) is 37.2 Å². The summed E-state index contributed by atoms with van der Waals surface area (Å²) in [6, 6.07) is 10.9. The molecule has 1 aliphatic heterocycles. The number of nitrogens with one attached hydrogen (secondary N) is 1. The number of rotatable bonds is 6. The fraction of sp³-hybridized carbons (Fsp3) is 0.217. The maximum absolute atomic E-state index is 12.8. The molecule has 9 heteroatoms. The number of carbonyl (C=O) groups is 2. The van der Waals surface area contributed by atoms with E-state index >= 15 is 0 Å². The van der Waals surface area contributed by atoms with Crippen LogP contribution >= 0.6 is 0 Å². The van der Waals surface area contributed by atoms with Gasteiger partial charge in [-0.15, -0.1) is 0 Å². The summed E-state index contributed by atoms with van der Waals surface area (Å²) >= 11 is 0. The molecular formula is C23H24N6O3. The van der Waals surface area contributed by atoms with Crippen LogP contribution < -0.4 is 15.1 Å². The quantitative estimate of drug-likeness (QED) is 0.605. The molecule has 1 aromatic carbocycles. The fourth-order valence-electron chi connectivity index (χ4n) is 3.44. The van der Waals surface area contributed by atoms with Gasteiger partial charge in [0.2, 0.25) is 0 Å². The number of ether oxygens (including phenoxy) is 1. The van der Waals surface area contributed by atoms with Gasteiger partial charge < -0.3 is 4.74 Å². The molecule has 3 heterocycles.